The molecule has 1 aliphatic heterocycles. The smallest absolute Gasteiger partial charge is 0.0236 e. The first kappa shape index (κ1) is 7.98. The number of rotatable bonds is 2. The van der Waals surface area contributed by atoms with Gasteiger partial charge in [0.15, 0.2) is 0 Å². The van der Waals surface area contributed by atoms with Gasteiger partial charge in [-0.15, -0.1) is 0 Å². The lowest BCUT2D eigenvalue weighted by atomic mass is 9.98. The molecule has 3 heteroatoms. The van der Waals surface area contributed by atoms with Gasteiger partial charge in [0, 0.05) is 6.54 Å². The molecule has 0 bridgehead atoms. The van der Waals surface area contributed by atoms with E-state index in [1.54, 1.807) is 0 Å². The lowest BCUT2D eigenvalue weighted by Crippen LogP contribution is -2.34. The Labute approximate surface area is 62.0 Å². The highest BCUT2D eigenvalue weighted by molar-refractivity contribution is 4.69. The summed E-state index contributed by atoms with van der Waals surface area (Å²) in [5.74, 6) is 0.682. The maximum atomic E-state index is 8.42. The van der Waals surface area contributed by atoms with Crippen LogP contribution in [0.3, 0.4) is 0 Å². The Kier molecular flexibility index (Phi) is 3.12. The van der Waals surface area contributed by atoms with Crippen LogP contribution < -0.4 is 5.48 Å². The number of hydroxylamine groups is 1. The Bertz CT molecular complexity index is 89.6. The third-order valence-corrected chi connectivity index (χ3v) is 2.22. The zero-order chi connectivity index (χ0) is 7.40. The van der Waals surface area contributed by atoms with Gasteiger partial charge in [-0.1, -0.05) is 0 Å². The minimum atomic E-state index is 0.682. The van der Waals surface area contributed by atoms with Gasteiger partial charge in [0.25, 0.3) is 0 Å². The number of piperidine rings is 1. The molecule has 1 fully saturated rings. The first-order valence-electron chi connectivity index (χ1n) is 3.88. The van der Waals surface area contributed by atoms with E-state index in [0.717, 1.165) is 6.54 Å². The molecule has 0 amide bonds. The Morgan fingerprint density at radius 2 is 2.10 bits per heavy atom. The van der Waals surface area contributed by atoms with Gasteiger partial charge in [0.05, 0.1) is 0 Å². The number of nitrogens with one attached hydrogen (secondary N) is 1. The molecule has 0 unspecified atom stereocenters. The number of hydrogen-bond donors (Lipinski definition) is 2. The molecule has 0 aromatic rings. The van der Waals surface area contributed by atoms with Gasteiger partial charge in [-0.3, -0.25) is 0 Å². The van der Waals surface area contributed by atoms with Gasteiger partial charge in [-0.05, 0) is 38.9 Å². The molecule has 0 spiro atoms. The van der Waals surface area contributed by atoms with E-state index in [9.17, 15) is 0 Å². The predicted octanol–water partition coefficient (Wildman–Crippen LogP) is 0.307. The van der Waals surface area contributed by atoms with Crippen LogP contribution in [0.15, 0.2) is 0 Å². The number of likely N-dealkylation sites (tertiary alicyclic amines) is 1. The standard InChI is InChI=1S/C7H16N2O/c1-9-4-2-7(3-5-9)6-8-10/h7-8,10H,2-6H2,1H3. The highest BCUT2D eigenvalue weighted by atomic mass is 16.5. The molecule has 0 radical (unpaired) electrons. The molecule has 60 valence electrons. The van der Waals surface area contributed by atoms with Gasteiger partial charge in [-0.25, -0.2) is 5.48 Å². The van der Waals surface area contributed by atoms with Crippen LogP contribution in [0, 0.1) is 5.92 Å². The van der Waals surface area contributed by atoms with Crippen LogP contribution in [0.25, 0.3) is 0 Å². The van der Waals surface area contributed by atoms with Crippen LogP contribution in [0.1, 0.15) is 12.8 Å². The summed E-state index contributed by atoms with van der Waals surface area (Å²) in [6.07, 6.45) is 2.42. The second-order valence-corrected chi connectivity index (χ2v) is 3.11. The zero-order valence-electron chi connectivity index (χ0n) is 6.51. The molecule has 10 heavy (non-hydrogen) atoms. The fraction of sp³-hybridized carbons (Fsp3) is 1.00. The largest absolute Gasteiger partial charge is 0.317 e. The SMILES string of the molecule is CN1CCC(CNO)CC1. The third-order valence-electron chi connectivity index (χ3n) is 2.22. The summed E-state index contributed by atoms with van der Waals surface area (Å²) in [4.78, 5) is 2.33. The quantitative estimate of drug-likeness (QED) is 0.547. The Balaban J connectivity index is 2.13. The van der Waals surface area contributed by atoms with Gasteiger partial charge in [0.2, 0.25) is 0 Å². The zero-order valence-corrected chi connectivity index (χ0v) is 6.51. The summed E-state index contributed by atoms with van der Waals surface area (Å²) in [7, 11) is 2.14. The van der Waals surface area contributed by atoms with Crippen molar-refractivity contribution in [3.05, 3.63) is 0 Å². The number of nitrogens with zero attached hydrogens (tertiary/aromatic N) is 1. The molecule has 0 aromatic carbocycles. The van der Waals surface area contributed by atoms with E-state index in [1.165, 1.54) is 25.9 Å². The second-order valence-electron chi connectivity index (χ2n) is 3.11. The van der Waals surface area contributed by atoms with E-state index in [-0.39, 0.29) is 0 Å². The number of hydrogen-bond acceptors (Lipinski definition) is 3. The molecule has 0 saturated carbocycles. The molecule has 0 aliphatic carbocycles. The van der Waals surface area contributed by atoms with E-state index in [1.807, 2.05) is 0 Å². The first-order valence-corrected chi connectivity index (χ1v) is 3.88. The van der Waals surface area contributed by atoms with Crippen molar-refractivity contribution >= 4 is 0 Å². The van der Waals surface area contributed by atoms with E-state index >= 15 is 0 Å². The lowest BCUT2D eigenvalue weighted by molar-refractivity contribution is 0.124. The van der Waals surface area contributed by atoms with Crippen LogP contribution in [-0.4, -0.2) is 36.8 Å². The summed E-state index contributed by atoms with van der Waals surface area (Å²) in [5, 5.41) is 8.42. The van der Waals surface area contributed by atoms with Crippen molar-refractivity contribution in [2.75, 3.05) is 26.7 Å². The maximum Gasteiger partial charge on any atom is 0.0236 e. The summed E-state index contributed by atoms with van der Waals surface area (Å²) in [5.41, 5.74) is 2.23. The molecule has 2 N–H and O–H groups in total. The fourth-order valence-electron chi connectivity index (χ4n) is 1.40. The van der Waals surface area contributed by atoms with Crippen molar-refractivity contribution in [2.45, 2.75) is 12.8 Å². The summed E-state index contributed by atoms with van der Waals surface area (Å²) in [6.45, 7) is 3.10. The highest BCUT2D eigenvalue weighted by Crippen LogP contribution is 2.14. The molecule has 0 aromatic heterocycles. The van der Waals surface area contributed by atoms with Crippen molar-refractivity contribution in [3.8, 4) is 0 Å². The second kappa shape index (κ2) is 3.91. The van der Waals surface area contributed by atoms with E-state index in [4.69, 9.17) is 5.21 Å². The van der Waals surface area contributed by atoms with Crippen molar-refractivity contribution in [1.29, 1.82) is 0 Å². The van der Waals surface area contributed by atoms with Gasteiger partial charge < -0.3 is 10.1 Å². The predicted molar refractivity (Wildman–Crippen MR) is 40.0 cm³/mol. The van der Waals surface area contributed by atoms with Crippen LogP contribution in [0.5, 0.6) is 0 Å². The van der Waals surface area contributed by atoms with Crippen LogP contribution in [0.4, 0.5) is 0 Å². The van der Waals surface area contributed by atoms with E-state index in [2.05, 4.69) is 17.4 Å². The van der Waals surface area contributed by atoms with Crippen LogP contribution in [-0.2, 0) is 0 Å². The minimum Gasteiger partial charge on any atom is -0.317 e. The van der Waals surface area contributed by atoms with Crippen molar-refractivity contribution in [2.24, 2.45) is 5.92 Å². The molecule has 3 nitrogen and oxygen atoms in total. The normalized spacial score (nSPS) is 23.4. The van der Waals surface area contributed by atoms with Crippen LogP contribution >= 0.6 is 0 Å². The molecular formula is C7H16N2O. The molecule has 1 saturated heterocycles. The third kappa shape index (κ3) is 2.25. The Hall–Kier alpha value is -0.120. The average molecular weight is 144 g/mol. The van der Waals surface area contributed by atoms with Crippen molar-refractivity contribution in [3.63, 3.8) is 0 Å². The first-order chi connectivity index (χ1) is 4.83. The molecule has 0 atom stereocenters. The Morgan fingerprint density at radius 3 is 2.60 bits per heavy atom. The minimum absolute atomic E-state index is 0.682. The van der Waals surface area contributed by atoms with Crippen LogP contribution in [0.2, 0.25) is 0 Å². The highest BCUT2D eigenvalue weighted by Gasteiger charge is 2.15. The summed E-state index contributed by atoms with van der Waals surface area (Å²) in [6, 6.07) is 0. The van der Waals surface area contributed by atoms with Crippen molar-refractivity contribution in [1.82, 2.24) is 10.4 Å². The topological polar surface area (TPSA) is 35.5 Å². The molecule has 1 aliphatic rings. The van der Waals surface area contributed by atoms with Crippen molar-refractivity contribution < 1.29 is 5.21 Å². The van der Waals surface area contributed by atoms with E-state index in [0.29, 0.717) is 5.92 Å². The Morgan fingerprint density at radius 1 is 1.50 bits per heavy atom. The lowest BCUT2D eigenvalue weighted by Gasteiger charge is -2.28. The monoisotopic (exact) mass is 144 g/mol. The van der Waals surface area contributed by atoms with Gasteiger partial charge in [0.1, 0.15) is 0 Å². The molecule has 1 rings (SSSR count). The summed E-state index contributed by atoms with van der Waals surface area (Å²) >= 11 is 0. The van der Waals surface area contributed by atoms with Gasteiger partial charge in [-0.2, -0.15) is 0 Å². The van der Waals surface area contributed by atoms with E-state index < -0.39 is 0 Å². The molecular weight excluding hydrogens is 128 g/mol. The maximum absolute atomic E-state index is 8.42. The summed E-state index contributed by atoms with van der Waals surface area (Å²) < 4.78 is 0. The molecule has 1 heterocycles. The average Bonchev–Trinajstić information content (AvgIpc) is 1.95. The van der Waals surface area contributed by atoms with Gasteiger partial charge >= 0.3 is 0 Å². The fourth-order valence-corrected chi connectivity index (χ4v) is 1.40.